The maximum absolute atomic E-state index is 9.23. The molecule has 190 valence electrons. The number of nitrogens with zero attached hydrogens (tertiary/aromatic N) is 6. The summed E-state index contributed by atoms with van der Waals surface area (Å²) in [5.74, 6) is 0. The van der Waals surface area contributed by atoms with Crippen LogP contribution in [0.5, 0.6) is 0 Å². The van der Waals surface area contributed by atoms with Crippen LogP contribution in [0.1, 0.15) is 11.4 Å². The van der Waals surface area contributed by atoms with E-state index in [0.717, 1.165) is 67.0 Å². The molecule has 0 saturated heterocycles. The largest absolute Gasteiger partial charge is 0.456 e. The van der Waals surface area contributed by atoms with Gasteiger partial charge in [0.1, 0.15) is 34.7 Å². The molecule has 0 unspecified atom stereocenters. The molecule has 0 fully saturated rings. The fraction of sp³-hybridized carbons (Fsp3) is 0. The Hall–Kier alpha value is -6.18. The van der Waals surface area contributed by atoms with Crippen molar-refractivity contribution >= 4 is 21.9 Å². The van der Waals surface area contributed by atoms with Gasteiger partial charge in [-0.15, -0.1) is 0 Å². The number of nitriles is 2. The van der Waals surface area contributed by atoms with Gasteiger partial charge in [0.2, 0.25) is 0 Å². The Kier molecular flexibility index (Phi) is 5.74. The first kappa shape index (κ1) is 23.9. The van der Waals surface area contributed by atoms with E-state index in [0.29, 0.717) is 11.4 Å². The Morgan fingerprint density at radius 2 is 0.902 bits per heavy atom. The molecule has 0 saturated carbocycles. The second kappa shape index (κ2) is 9.85. The Bertz CT molecular complexity index is 2050. The van der Waals surface area contributed by atoms with Crippen LogP contribution in [0.4, 0.5) is 0 Å². The number of hydrogen-bond acceptors (Lipinski definition) is 7. The second-order valence-corrected chi connectivity index (χ2v) is 9.42. The van der Waals surface area contributed by atoms with Crippen LogP contribution in [0, 0.1) is 22.7 Å². The highest BCUT2D eigenvalue weighted by Crippen LogP contribution is 2.35. The summed E-state index contributed by atoms with van der Waals surface area (Å²) < 4.78 is 6.16. The smallest absolute Gasteiger partial charge is 0.141 e. The first-order valence-electron chi connectivity index (χ1n) is 12.8. The molecule has 0 aliphatic rings. The molecule has 0 N–H and O–H groups in total. The van der Waals surface area contributed by atoms with Crippen molar-refractivity contribution in [3.8, 4) is 57.2 Å². The predicted molar refractivity (Wildman–Crippen MR) is 156 cm³/mol. The summed E-state index contributed by atoms with van der Waals surface area (Å²) in [5.41, 5.74) is 9.01. The molecule has 7 rings (SSSR count). The lowest BCUT2D eigenvalue weighted by molar-refractivity contribution is 0.669. The third kappa shape index (κ3) is 4.44. The lowest BCUT2D eigenvalue weighted by Gasteiger charge is -2.06. The first-order valence-corrected chi connectivity index (χ1v) is 12.8. The van der Waals surface area contributed by atoms with Crippen LogP contribution in [0.2, 0.25) is 0 Å². The molecule has 0 amide bonds. The number of pyridine rings is 4. The Morgan fingerprint density at radius 1 is 0.488 bits per heavy atom. The number of rotatable bonds is 4. The van der Waals surface area contributed by atoms with Crippen molar-refractivity contribution in [2.24, 2.45) is 0 Å². The van der Waals surface area contributed by atoms with Gasteiger partial charge < -0.3 is 4.42 Å². The molecule has 2 aromatic carbocycles. The minimum absolute atomic E-state index is 0.351. The summed E-state index contributed by atoms with van der Waals surface area (Å²) in [5, 5.41) is 20.4. The van der Waals surface area contributed by atoms with Gasteiger partial charge in [-0.05, 0) is 84.9 Å². The Morgan fingerprint density at radius 3 is 1.32 bits per heavy atom. The molecule has 0 aliphatic carbocycles. The molecule has 5 aromatic heterocycles. The molecule has 0 aliphatic heterocycles. The minimum atomic E-state index is 0.351. The van der Waals surface area contributed by atoms with E-state index in [1.54, 1.807) is 24.5 Å². The first-order chi connectivity index (χ1) is 20.2. The fourth-order valence-corrected chi connectivity index (χ4v) is 4.91. The zero-order valence-corrected chi connectivity index (χ0v) is 21.5. The monoisotopic (exact) mass is 526 g/mol. The summed E-state index contributed by atoms with van der Waals surface area (Å²) in [6, 6.07) is 35.2. The average Bonchev–Trinajstić information content (AvgIpc) is 3.42. The number of aromatic nitrogens is 4. The highest BCUT2D eigenvalue weighted by atomic mass is 16.3. The zero-order valence-electron chi connectivity index (χ0n) is 21.5. The molecule has 0 bridgehead atoms. The van der Waals surface area contributed by atoms with Crippen LogP contribution >= 0.6 is 0 Å². The molecule has 7 heteroatoms. The van der Waals surface area contributed by atoms with Crippen LogP contribution in [0.25, 0.3) is 67.0 Å². The van der Waals surface area contributed by atoms with Crippen LogP contribution in [0.15, 0.2) is 114 Å². The van der Waals surface area contributed by atoms with Gasteiger partial charge in [-0.1, -0.05) is 12.1 Å². The van der Waals surface area contributed by atoms with E-state index >= 15 is 0 Å². The Labute approximate surface area is 234 Å². The summed E-state index contributed by atoms with van der Waals surface area (Å²) in [6.45, 7) is 0. The van der Waals surface area contributed by atoms with Crippen LogP contribution < -0.4 is 0 Å². The third-order valence-electron chi connectivity index (χ3n) is 6.90. The van der Waals surface area contributed by atoms with Crippen LogP contribution in [-0.2, 0) is 0 Å². The SMILES string of the molecule is N#Cc1cc(-c2cccc(-c3ccc4oc5ccc(-c6cccc(-c7ccnc(C#N)c7)n6)cc5c4c3)n2)ccn1. The minimum Gasteiger partial charge on any atom is -0.456 e. The number of hydrogen-bond donors (Lipinski definition) is 0. The molecule has 7 nitrogen and oxygen atoms in total. The predicted octanol–water partition coefficient (Wildman–Crippen LogP) is 7.58. The normalized spacial score (nSPS) is 10.9. The molecule has 0 radical (unpaired) electrons. The molecular weight excluding hydrogens is 508 g/mol. The number of furan rings is 1. The van der Waals surface area contributed by atoms with Crippen molar-refractivity contribution in [3.05, 3.63) is 121 Å². The molecule has 41 heavy (non-hydrogen) atoms. The zero-order chi connectivity index (χ0) is 27.8. The molecule has 7 aromatic rings. The van der Waals surface area contributed by atoms with Gasteiger partial charge in [-0.3, -0.25) is 0 Å². The van der Waals surface area contributed by atoms with Gasteiger partial charge in [0, 0.05) is 45.4 Å². The van der Waals surface area contributed by atoms with Gasteiger partial charge in [-0.25, -0.2) is 19.9 Å². The van der Waals surface area contributed by atoms with Crippen LogP contribution in [-0.4, -0.2) is 19.9 Å². The van der Waals surface area contributed by atoms with E-state index in [1.165, 1.54) is 0 Å². The van der Waals surface area contributed by atoms with Crippen molar-refractivity contribution < 1.29 is 4.42 Å². The van der Waals surface area contributed by atoms with Crippen molar-refractivity contribution in [3.63, 3.8) is 0 Å². The summed E-state index contributed by atoms with van der Waals surface area (Å²) in [6.07, 6.45) is 3.24. The van der Waals surface area contributed by atoms with Gasteiger partial charge in [0.25, 0.3) is 0 Å². The van der Waals surface area contributed by atoms with E-state index < -0.39 is 0 Å². The van der Waals surface area contributed by atoms with Crippen molar-refractivity contribution in [2.45, 2.75) is 0 Å². The van der Waals surface area contributed by atoms with Gasteiger partial charge in [-0.2, -0.15) is 10.5 Å². The van der Waals surface area contributed by atoms with E-state index in [4.69, 9.17) is 14.4 Å². The lowest BCUT2D eigenvalue weighted by atomic mass is 10.0. The van der Waals surface area contributed by atoms with Crippen molar-refractivity contribution in [2.75, 3.05) is 0 Å². The standard InChI is InChI=1S/C34H18N6O/c35-19-25-15-23(11-13-37-25)31-5-1-3-29(39-31)21-7-9-33-27(17-21)28-18-22(8-10-34(28)41-33)30-4-2-6-32(40-30)24-12-14-38-26(16-24)20-36/h1-18H. The second-order valence-electron chi connectivity index (χ2n) is 9.42. The Balaban J connectivity index is 1.29. The maximum Gasteiger partial charge on any atom is 0.141 e. The topological polar surface area (TPSA) is 112 Å². The van der Waals surface area contributed by atoms with Gasteiger partial charge in [0.15, 0.2) is 0 Å². The number of fused-ring (bicyclic) bond motifs is 3. The van der Waals surface area contributed by atoms with E-state index in [1.807, 2.05) is 72.8 Å². The highest BCUT2D eigenvalue weighted by Gasteiger charge is 2.13. The fourth-order valence-electron chi connectivity index (χ4n) is 4.91. The van der Waals surface area contributed by atoms with E-state index in [9.17, 15) is 10.5 Å². The third-order valence-corrected chi connectivity index (χ3v) is 6.90. The number of benzene rings is 2. The molecule has 0 spiro atoms. The summed E-state index contributed by atoms with van der Waals surface area (Å²) >= 11 is 0. The van der Waals surface area contributed by atoms with Gasteiger partial charge >= 0.3 is 0 Å². The molecular formula is C34H18N6O. The van der Waals surface area contributed by atoms with E-state index in [2.05, 4.69) is 34.2 Å². The van der Waals surface area contributed by atoms with E-state index in [-0.39, 0.29) is 0 Å². The maximum atomic E-state index is 9.23. The lowest BCUT2D eigenvalue weighted by Crippen LogP contribution is -1.90. The van der Waals surface area contributed by atoms with Crippen LogP contribution in [0.3, 0.4) is 0 Å². The van der Waals surface area contributed by atoms with Gasteiger partial charge in [0.05, 0.1) is 22.8 Å². The molecule has 0 atom stereocenters. The average molecular weight is 527 g/mol. The highest BCUT2D eigenvalue weighted by molar-refractivity contribution is 6.07. The summed E-state index contributed by atoms with van der Waals surface area (Å²) in [7, 11) is 0. The molecule has 5 heterocycles. The van der Waals surface area contributed by atoms with Crippen molar-refractivity contribution in [1.82, 2.24) is 19.9 Å². The quantitative estimate of drug-likeness (QED) is 0.232. The summed E-state index contributed by atoms with van der Waals surface area (Å²) in [4.78, 5) is 17.9. The van der Waals surface area contributed by atoms with Crippen molar-refractivity contribution in [1.29, 1.82) is 10.5 Å².